The first-order chi connectivity index (χ1) is 39.3. The van der Waals surface area contributed by atoms with E-state index in [2.05, 4.69) is 10.6 Å². The van der Waals surface area contributed by atoms with Crippen molar-refractivity contribution in [1.29, 1.82) is 0 Å². The van der Waals surface area contributed by atoms with Gasteiger partial charge in [0.15, 0.2) is 0 Å². The molecule has 0 unspecified atom stereocenters. The van der Waals surface area contributed by atoms with Crippen LogP contribution >= 0.6 is 0 Å². The number of nitrogens with zero attached hydrogens (tertiary/aromatic N) is 2. The van der Waals surface area contributed by atoms with Crippen molar-refractivity contribution in [3.63, 3.8) is 0 Å². The summed E-state index contributed by atoms with van der Waals surface area (Å²) in [6, 6.07) is 49.4. The molecule has 0 aliphatic rings. The van der Waals surface area contributed by atoms with Crippen molar-refractivity contribution in [1.82, 2.24) is 9.13 Å². The van der Waals surface area contributed by atoms with Crippen LogP contribution in [0, 0.1) is 11.6 Å². The van der Waals surface area contributed by atoms with E-state index in [0.717, 1.165) is 22.5 Å². The van der Waals surface area contributed by atoms with Crippen molar-refractivity contribution in [2.24, 2.45) is 0 Å². The van der Waals surface area contributed by atoms with Crippen LogP contribution < -0.4 is 20.8 Å². The summed E-state index contributed by atoms with van der Waals surface area (Å²) in [5.74, 6) is -4.41. The molecular formula is C66H68CaF2N4O10. The number of carboxylic acids is 2. The van der Waals surface area contributed by atoms with Gasteiger partial charge in [0.25, 0.3) is 11.8 Å². The van der Waals surface area contributed by atoms with Crippen LogP contribution in [0.25, 0.3) is 44.8 Å². The summed E-state index contributed by atoms with van der Waals surface area (Å²) < 4.78 is 32.0. The molecule has 0 saturated heterocycles. The maximum atomic E-state index is 14.0. The fourth-order valence-electron chi connectivity index (χ4n) is 10.4. The minimum atomic E-state index is -1.39. The normalized spacial score (nSPS) is 12.6. The van der Waals surface area contributed by atoms with Crippen LogP contribution in [0.4, 0.5) is 20.2 Å². The standard InChI is InChI=1S/2C33H35FN2O5.Ca/c2*1-21(2)31-30(33(41)35-25-11-7-4-8-12-25)29(22-9-5-3-6-10-22)32(23-13-15-24(34)16-14-23)36(31)18-17-26(37)19-27(38)20-28(39)40;/h2*3-16,21,26-27,37-38H,17-20H2,1-2H3,(H,35,41)(H,39,40);/q;;+2/p-2/t2*26-,27-;/m11./s1/i2*3+1,5+1,6+1,9+1,10+1,22+1,29+1,36+1;. The van der Waals surface area contributed by atoms with Crippen LogP contribution in [0.3, 0.4) is 0 Å². The SMILES string of the molecule is CC(C)c1c(C(=O)Nc2ccccc2)[13c](-[13c]2[13cH][13cH][13cH][13cH][13cH]2)c(-c2ccc(F)cc2)[15n]1CC[C@@H](O)C[C@@H](O)CC(=O)[O-].CC(C)c1c(C(=O)Nc2ccccc2)[13c](-[13c]2[13cH][13cH][13cH][13cH][13cH]2)c(-c2ccc(F)cc2)[15n]1CC[C@@H](O)C[C@@H](O)CC(=O)[O-].[Ca+2]. The molecule has 2 amide bonds. The quantitative estimate of drug-likeness (QED) is 0.0314. The Morgan fingerprint density at radius 2 is 0.747 bits per heavy atom. The molecule has 0 fully saturated rings. The first kappa shape index (κ1) is 64.9. The summed E-state index contributed by atoms with van der Waals surface area (Å²) in [6.45, 7) is 8.45. The van der Waals surface area contributed by atoms with Gasteiger partial charge in [-0.25, -0.2) is 8.78 Å². The molecule has 2 heterocycles. The van der Waals surface area contributed by atoms with Gasteiger partial charge >= 0.3 is 37.7 Å². The number of aliphatic hydroxyl groups excluding tert-OH is 4. The first-order valence-corrected chi connectivity index (χ1v) is 27.3. The number of halogens is 2. The Morgan fingerprint density at radius 1 is 0.446 bits per heavy atom. The fraction of sp³-hybridized carbons (Fsp3) is 0.273. The van der Waals surface area contributed by atoms with E-state index in [1.165, 1.54) is 24.3 Å². The number of benzene rings is 6. The number of aliphatic carboxylic acids is 2. The molecule has 0 saturated carbocycles. The minimum absolute atomic E-state index is 0. The predicted octanol–water partition coefficient (Wildman–Crippen LogP) is 9.58. The van der Waals surface area contributed by atoms with Gasteiger partial charge in [-0.3, -0.25) is 9.59 Å². The molecule has 6 aromatic carbocycles. The molecule has 6 N–H and O–H groups in total. The van der Waals surface area contributed by atoms with E-state index in [4.69, 9.17) is 0 Å². The van der Waals surface area contributed by atoms with Crippen LogP contribution in [0.15, 0.2) is 170 Å². The molecule has 8 aromatic rings. The van der Waals surface area contributed by atoms with Gasteiger partial charge in [-0.05, 0) is 133 Å². The van der Waals surface area contributed by atoms with E-state index in [-0.39, 0.29) is 100 Å². The Hall–Kier alpha value is -7.28. The average molecular weight is 1170 g/mol. The molecule has 2 aromatic heterocycles. The van der Waals surface area contributed by atoms with E-state index < -0.39 is 60.8 Å². The van der Waals surface area contributed by atoms with E-state index in [0.29, 0.717) is 56.1 Å². The number of aromatic nitrogens is 2. The number of carbonyl (C=O) groups is 4. The average Bonchev–Trinajstić information content (AvgIpc) is 3.14. The summed E-state index contributed by atoms with van der Waals surface area (Å²) >= 11 is 0. The van der Waals surface area contributed by atoms with E-state index in [1.807, 2.05) is 134 Å². The zero-order valence-corrected chi connectivity index (χ0v) is 49.1. The number of hydrogen-bond donors (Lipinski definition) is 6. The minimum Gasteiger partial charge on any atom is -0.550 e. The number of carboxylic acid groups (broad SMARTS) is 2. The molecule has 0 bridgehead atoms. The molecule has 0 radical (unpaired) electrons. The molecule has 428 valence electrons. The van der Waals surface area contributed by atoms with E-state index in [1.54, 1.807) is 48.5 Å². The second kappa shape index (κ2) is 30.9. The molecule has 83 heavy (non-hydrogen) atoms. The van der Waals surface area contributed by atoms with Crippen molar-refractivity contribution in [3.05, 3.63) is 204 Å². The predicted molar refractivity (Wildman–Crippen MR) is 315 cm³/mol. The number of aliphatic hydroxyl groups is 4. The van der Waals surface area contributed by atoms with Crippen molar-refractivity contribution in [2.75, 3.05) is 10.6 Å². The topological polar surface area (TPSA) is 229 Å². The molecular weight excluding hydrogens is 1100 g/mol. The van der Waals surface area contributed by atoms with Gasteiger partial charge in [-0.15, -0.1) is 0 Å². The van der Waals surface area contributed by atoms with Gasteiger partial charge in [0.2, 0.25) is 0 Å². The van der Waals surface area contributed by atoms with Crippen LogP contribution in [-0.4, -0.2) is 115 Å². The van der Waals surface area contributed by atoms with Crippen LogP contribution in [-0.2, 0) is 22.7 Å². The van der Waals surface area contributed by atoms with E-state index in [9.17, 15) is 58.6 Å². The number of amides is 2. The van der Waals surface area contributed by atoms with Gasteiger partial charge in [0.05, 0.1) is 46.9 Å². The van der Waals surface area contributed by atoms with Gasteiger partial charge in [-0.2, -0.15) is 0 Å². The second-order valence-electron chi connectivity index (χ2n) is 20.8. The summed E-state index contributed by atoms with van der Waals surface area (Å²) in [5, 5.41) is 69.2. The number of nitrogens with one attached hydrogen (secondary N) is 2. The monoisotopic (exact) mass is 1170 g/mol. The Labute approximate surface area is 512 Å². The maximum absolute atomic E-state index is 14.0. The van der Waals surface area contributed by atoms with Crippen LogP contribution in [0.2, 0.25) is 0 Å². The van der Waals surface area contributed by atoms with Gasteiger partial charge < -0.3 is 60.0 Å². The van der Waals surface area contributed by atoms with Crippen LogP contribution in [0.1, 0.15) is 110 Å². The van der Waals surface area contributed by atoms with Gasteiger partial charge in [0.1, 0.15) is 11.6 Å². The smallest absolute Gasteiger partial charge is 0.550 e. The zero-order chi connectivity index (χ0) is 59.0. The summed E-state index contributed by atoms with van der Waals surface area (Å²) in [7, 11) is 0. The number of carbonyl (C=O) groups excluding carboxylic acids is 4. The molecule has 0 aliphatic carbocycles. The third-order valence-electron chi connectivity index (χ3n) is 13.8. The number of para-hydroxylation sites is 2. The van der Waals surface area contributed by atoms with Crippen molar-refractivity contribution in [3.8, 4) is 44.8 Å². The largest absolute Gasteiger partial charge is 2.00 e. The van der Waals surface area contributed by atoms with Crippen LogP contribution in [0.5, 0.6) is 0 Å². The fourth-order valence-corrected chi connectivity index (χ4v) is 10.4. The number of hydrogen-bond acceptors (Lipinski definition) is 10. The summed E-state index contributed by atoms with van der Waals surface area (Å²) in [4.78, 5) is 49.8. The summed E-state index contributed by atoms with van der Waals surface area (Å²) in [6.07, 6.45) is -5.54. The molecule has 8 rings (SSSR count). The van der Waals surface area contributed by atoms with Gasteiger partial charge in [-0.1, -0.05) is 125 Å². The Balaban J connectivity index is 0.000000263. The van der Waals surface area contributed by atoms with Crippen molar-refractivity contribution in [2.45, 2.75) is 116 Å². The van der Waals surface area contributed by atoms with Gasteiger partial charge in [0, 0.05) is 71.8 Å². The van der Waals surface area contributed by atoms with Crippen molar-refractivity contribution >= 4 is 72.9 Å². The zero-order valence-electron chi connectivity index (χ0n) is 46.9. The second-order valence-corrected chi connectivity index (χ2v) is 20.8. The Morgan fingerprint density at radius 3 is 1.04 bits per heavy atom. The third-order valence-corrected chi connectivity index (χ3v) is 13.8. The molecule has 4 atom stereocenters. The third kappa shape index (κ3) is 17.4. The molecule has 0 spiro atoms. The Kier molecular flexibility index (Phi) is 24.1. The van der Waals surface area contributed by atoms with E-state index >= 15 is 0 Å². The summed E-state index contributed by atoms with van der Waals surface area (Å²) in [5.41, 5.74) is 9.43. The molecule has 17 heteroatoms. The van der Waals surface area contributed by atoms with Crippen molar-refractivity contribution < 1.29 is 58.6 Å². The molecule has 0 aliphatic heterocycles. The number of rotatable bonds is 24. The number of anilines is 2. The molecule has 14 nitrogen and oxygen atoms in total. The first-order valence-electron chi connectivity index (χ1n) is 27.3. The Bertz CT molecular complexity index is 3170. The maximum Gasteiger partial charge on any atom is 2.00 e.